The second-order valence-corrected chi connectivity index (χ2v) is 6.34. The van der Waals surface area contributed by atoms with E-state index in [1.807, 2.05) is 0 Å². The van der Waals surface area contributed by atoms with Gasteiger partial charge in [0.2, 0.25) is 0 Å². The molecule has 7 nitrogen and oxygen atoms in total. The minimum atomic E-state index is -3.94. The van der Waals surface area contributed by atoms with Crippen LogP contribution in [0.1, 0.15) is 5.56 Å². The van der Waals surface area contributed by atoms with E-state index in [1.165, 1.54) is 25.3 Å². The van der Waals surface area contributed by atoms with Crippen molar-refractivity contribution in [1.29, 1.82) is 0 Å². The van der Waals surface area contributed by atoms with Gasteiger partial charge in [-0.15, -0.1) is 0 Å². The van der Waals surface area contributed by atoms with Crippen LogP contribution in [-0.2, 0) is 26.1 Å². The van der Waals surface area contributed by atoms with E-state index in [2.05, 4.69) is 6.58 Å². The third kappa shape index (κ3) is 3.23. The highest BCUT2D eigenvalue weighted by molar-refractivity contribution is 7.89. The quantitative estimate of drug-likeness (QED) is 0.809. The Hall–Kier alpha value is -1.90. The van der Waals surface area contributed by atoms with Gasteiger partial charge in [0.1, 0.15) is 10.6 Å². The number of hydrogen-bond donors (Lipinski definition) is 1. The molecule has 0 saturated carbocycles. The van der Waals surface area contributed by atoms with E-state index in [9.17, 15) is 13.2 Å². The molecule has 1 aliphatic heterocycles. The van der Waals surface area contributed by atoms with Crippen LogP contribution >= 0.6 is 0 Å². The maximum absolute atomic E-state index is 12.5. The summed E-state index contributed by atoms with van der Waals surface area (Å²) in [6.45, 7) is 3.87. The summed E-state index contributed by atoms with van der Waals surface area (Å²) in [5, 5.41) is 8.81. The number of carboxylic acid groups (broad SMARTS) is 1. The van der Waals surface area contributed by atoms with Crippen molar-refractivity contribution in [2.75, 3.05) is 20.3 Å². The molecule has 0 aromatic heterocycles. The number of carboxylic acids is 1. The monoisotopic (exact) mass is 313 g/mol. The predicted octanol–water partition coefficient (Wildman–Crippen LogP) is 0.814. The van der Waals surface area contributed by atoms with Crippen LogP contribution < -0.4 is 4.74 Å². The van der Waals surface area contributed by atoms with E-state index in [0.717, 1.165) is 4.47 Å². The molecule has 1 saturated heterocycles. The molecule has 0 spiro atoms. The molecule has 8 heteroatoms. The first-order chi connectivity index (χ1) is 9.84. The number of methoxy groups -OCH3 is 1. The molecule has 0 bridgehead atoms. The van der Waals surface area contributed by atoms with Gasteiger partial charge in [0.15, 0.2) is 0 Å². The number of ether oxygens (including phenoxy) is 1. The van der Waals surface area contributed by atoms with Crippen LogP contribution in [0.5, 0.6) is 5.75 Å². The normalized spacial score (nSPS) is 16.1. The zero-order valence-electron chi connectivity index (χ0n) is 11.4. The zero-order valence-corrected chi connectivity index (χ0v) is 12.2. The number of carbonyl (C=O) groups is 1. The maximum atomic E-state index is 12.5. The van der Waals surface area contributed by atoms with Crippen molar-refractivity contribution >= 4 is 16.0 Å². The number of hydroxylamine groups is 1. The summed E-state index contributed by atoms with van der Waals surface area (Å²) in [7, 11) is -2.60. The van der Waals surface area contributed by atoms with Gasteiger partial charge in [-0.25, -0.2) is 8.42 Å². The summed E-state index contributed by atoms with van der Waals surface area (Å²) in [5.41, 5.74) is 0.999. The largest absolute Gasteiger partial charge is 0.495 e. The first-order valence-electron chi connectivity index (χ1n) is 6.05. The summed E-state index contributed by atoms with van der Waals surface area (Å²) in [6, 6.07) is 4.22. The third-order valence-electron chi connectivity index (χ3n) is 2.89. The second-order valence-electron chi connectivity index (χ2n) is 4.55. The number of sulfonamides is 1. The zero-order chi connectivity index (χ0) is 15.6. The lowest BCUT2D eigenvalue weighted by atomic mass is 10.1. The van der Waals surface area contributed by atoms with Crippen LogP contribution in [-0.4, -0.2) is 44.2 Å². The first kappa shape index (κ1) is 15.5. The molecule has 0 amide bonds. The smallest absolute Gasteiger partial charge is 0.307 e. The Morgan fingerprint density at radius 2 is 2.24 bits per heavy atom. The lowest BCUT2D eigenvalue weighted by Gasteiger charge is -2.17. The van der Waals surface area contributed by atoms with Gasteiger partial charge in [-0.3, -0.25) is 9.63 Å². The fourth-order valence-corrected chi connectivity index (χ4v) is 3.38. The number of hydrogen-bond acceptors (Lipinski definition) is 5. The lowest BCUT2D eigenvalue weighted by Crippen LogP contribution is -2.27. The van der Waals surface area contributed by atoms with E-state index in [-0.39, 0.29) is 30.2 Å². The molecule has 1 aromatic rings. The van der Waals surface area contributed by atoms with Gasteiger partial charge in [-0.1, -0.05) is 17.1 Å². The summed E-state index contributed by atoms with van der Waals surface area (Å²) in [6.07, 6.45) is -0.278. The Balaban J connectivity index is 2.44. The van der Waals surface area contributed by atoms with Crippen molar-refractivity contribution in [1.82, 2.24) is 4.47 Å². The minimum Gasteiger partial charge on any atom is -0.495 e. The van der Waals surface area contributed by atoms with Crippen LogP contribution in [0.3, 0.4) is 0 Å². The molecule has 1 fully saturated rings. The summed E-state index contributed by atoms with van der Waals surface area (Å²) < 4.78 is 30.9. The molecule has 114 valence electrons. The first-order valence-corrected chi connectivity index (χ1v) is 7.49. The Morgan fingerprint density at radius 1 is 1.52 bits per heavy atom. The van der Waals surface area contributed by atoms with E-state index < -0.39 is 16.0 Å². The standard InChI is InChI=1S/C13H15NO6S/c1-9-7-14(20-8-9)21(17,18)12-5-10(6-13(15)16)3-4-11(12)19-2/h3-5H,1,6-8H2,2H3,(H,15,16). The SMILES string of the molecule is C=C1CON(S(=O)(=O)c2cc(CC(=O)O)ccc2OC)C1. The van der Waals surface area contributed by atoms with Crippen molar-refractivity contribution in [3.63, 3.8) is 0 Å². The molecule has 21 heavy (non-hydrogen) atoms. The molecule has 1 aromatic carbocycles. The molecule has 0 radical (unpaired) electrons. The molecule has 2 rings (SSSR count). The van der Waals surface area contributed by atoms with E-state index >= 15 is 0 Å². The maximum Gasteiger partial charge on any atom is 0.307 e. The summed E-state index contributed by atoms with van der Waals surface area (Å²) in [4.78, 5) is 15.7. The van der Waals surface area contributed by atoms with Crippen LogP contribution in [0.15, 0.2) is 35.2 Å². The Bertz CT molecular complexity index is 682. The average molecular weight is 313 g/mol. The Morgan fingerprint density at radius 3 is 2.76 bits per heavy atom. The van der Waals surface area contributed by atoms with Crippen molar-refractivity contribution in [2.24, 2.45) is 0 Å². The molecule has 0 atom stereocenters. The molecule has 0 unspecified atom stereocenters. The average Bonchev–Trinajstić information content (AvgIpc) is 2.85. The van der Waals surface area contributed by atoms with E-state index in [1.54, 1.807) is 0 Å². The van der Waals surface area contributed by atoms with Gasteiger partial charge >= 0.3 is 5.97 Å². The van der Waals surface area contributed by atoms with Gasteiger partial charge < -0.3 is 9.84 Å². The molecule has 0 aliphatic carbocycles. The number of benzene rings is 1. The van der Waals surface area contributed by atoms with Crippen LogP contribution in [0.2, 0.25) is 0 Å². The highest BCUT2D eigenvalue weighted by Gasteiger charge is 2.33. The van der Waals surface area contributed by atoms with Crippen molar-refractivity contribution in [3.8, 4) is 5.75 Å². The third-order valence-corrected chi connectivity index (χ3v) is 4.54. The number of nitrogens with zero attached hydrogens (tertiary/aromatic N) is 1. The van der Waals surface area contributed by atoms with Crippen molar-refractivity contribution in [3.05, 3.63) is 35.9 Å². The van der Waals surface area contributed by atoms with Gasteiger partial charge in [0.25, 0.3) is 10.0 Å². The Labute approximate surface area is 122 Å². The fraction of sp³-hybridized carbons (Fsp3) is 0.308. The number of aliphatic carboxylic acids is 1. The number of rotatable bonds is 5. The van der Waals surface area contributed by atoms with E-state index in [0.29, 0.717) is 11.1 Å². The van der Waals surface area contributed by atoms with Crippen molar-refractivity contribution < 1.29 is 27.9 Å². The molecular weight excluding hydrogens is 298 g/mol. The molecular formula is C13H15NO6S. The van der Waals surface area contributed by atoms with Gasteiger partial charge in [0.05, 0.1) is 26.7 Å². The van der Waals surface area contributed by atoms with E-state index in [4.69, 9.17) is 14.7 Å². The molecule has 1 aliphatic rings. The van der Waals surface area contributed by atoms with Gasteiger partial charge in [-0.2, -0.15) is 0 Å². The molecule has 1 heterocycles. The summed E-state index contributed by atoms with van der Waals surface area (Å²) in [5.74, 6) is -0.917. The Kier molecular flexibility index (Phi) is 4.31. The van der Waals surface area contributed by atoms with Crippen LogP contribution in [0, 0.1) is 0 Å². The van der Waals surface area contributed by atoms with Gasteiger partial charge in [-0.05, 0) is 23.3 Å². The highest BCUT2D eigenvalue weighted by Crippen LogP contribution is 2.30. The van der Waals surface area contributed by atoms with Gasteiger partial charge in [0, 0.05) is 0 Å². The second kappa shape index (κ2) is 5.84. The lowest BCUT2D eigenvalue weighted by molar-refractivity contribution is -0.136. The van der Waals surface area contributed by atoms with Crippen LogP contribution in [0.4, 0.5) is 0 Å². The van der Waals surface area contributed by atoms with Crippen molar-refractivity contribution in [2.45, 2.75) is 11.3 Å². The van der Waals surface area contributed by atoms with Crippen LogP contribution in [0.25, 0.3) is 0 Å². The predicted molar refractivity (Wildman–Crippen MR) is 73.3 cm³/mol. The summed E-state index contributed by atoms with van der Waals surface area (Å²) >= 11 is 0. The topological polar surface area (TPSA) is 93.1 Å². The minimum absolute atomic E-state index is 0.0641. The fourth-order valence-electron chi connectivity index (χ4n) is 1.91. The molecule has 1 N–H and O–H groups in total. The highest BCUT2D eigenvalue weighted by atomic mass is 32.2.